The molecule has 2 aliphatic rings. The van der Waals surface area contributed by atoms with Crippen LogP contribution < -0.4 is 5.32 Å². The first-order valence-electron chi connectivity index (χ1n) is 7.53. The van der Waals surface area contributed by atoms with Gasteiger partial charge in [-0.15, -0.1) is 0 Å². The van der Waals surface area contributed by atoms with Crippen molar-refractivity contribution in [3.05, 3.63) is 0 Å². The summed E-state index contributed by atoms with van der Waals surface area (Å²) in [6.45, 7) is 11.7. The van der Waals surface area contributed by atoms with Gasteiger partial charge >= 0.3 is 0 Å². The van der Waals surface area contributed by atoms with Crippen LogP contribution >= 0.6 is 0 Å². The van der Waals surface area contributed by atoms with Crippen molar-refractivity contribution in [2.75, 3.05) is 19.6 Å². The molecule has 0 radical (unpaired) electrons. The summed E-state index contributed by atoms with van der Waals surface area (Å²) in [6.07, 6.45) is 2.55. The third-order valence-electron chi connectivity index (χ3n) is 4.63. The van der Waals surface area contributed by atoms with Crippen molar-refractivity contribution < 1.29 is 4.79 Å². The van der Waals surface area contributed by atoms with Gasteiger partial charge in [0.25, 0.3) is 0 Å². The molecule has 0 bridgehead atoms. The second-order valence-corrected chi connectivity index (χ2v) is 6.72. The average Bonchev–Trinajstić information content (AvgIpc) is 2.71. The molecule has 2 aliphatic heterocycles. The fourth-order valence-corrected chi connectivity index (χ4v) is 3.78. The van der Waals surface area contributed by atoms with Crippen molar-refractivity contribution >= 4 is 5.91 Å². The van der Waals surface area contributed by atoms with Crippen LogP contribution in [0.25, 0.3) is 0 Å². The predicted molar refractivity (Wildman–Crippen MR) is 74.3 cm³/mol. The quantitative estimate of drug-likeness (QED) is 0.834. The number of hydrogen-bond acceptors (Lipinski definition) is 2. The molecule has 2 fully saturated rings. The van der Waals surface area contributed by atoms with E-state index in [2.05, 4.69) is 37.9 Å². The van der Waals surface area contributed by atoms with E-state index in [4.69, 9.17) is 0 Å². The summed E-state index contributed by atoms with van der Waals surface area (Å²) >= 11 is 0. The SMILES string of the molecule is CC(C)C(C(=O)N1CC2CCCNC2C1)C(C)C. The molecule has 0 aromatic heterocycles. The molecule has 2 rings (SSSR count). The highest BCUT2D eigenvalue weighted by Crippen LogP contribution is 2.29. The first-order valence-corrected chi connectivity index (χ1v) is 7.53. The standard InChI is InChI=1S/C15H28N2O/c1-10(2)14(11(3)4)15(18)17-8-12-6-5-7-16-13(12)9-17/h10-14,16H,5-9H2,1-4H3. The minimum atomic E-state index is 0.185. The van der Waals surface area contributed by atoms with Crippen molar-refractivity contribution in [3.63, 3.8) is 0 Å². The zero-order valence-electron chi connectivity index (χ0n) is 12.3. The van der Waals surface area contributed by atoms with E-state index in [0.29, 0.717) is 29.7 Å². The van der Waals surface area contributed by atoms with Gasteiger partial charge in [-0.2, -0.15) is 0 Å². The molecule has 2 atom stereocenters. The van der Waals surface area contributed by atoms with E-state index in [1.54, 1.807) is 0 Å². The monoisotopic (exact) mass is 252 g/mol. The van der Waals surface area contributed by atoms with Crippen molar-refractivity contribution in [2.45, 2.75) is 46.6 Å². The number of carbonyl (C=O) groups excluding carboxylic acids is 1. The van der Waals surface area contributed by atoms with Crippen LogP contribution in [0.2, 0.25) is 0 Å². The van der Waals surface area contributed by atoms with E-state index >= 15 is 0 Å². The lowest BCUT2D eigenvalue weighted by Crippen LogP contribution is -2.42. The predicted octanol–water partition coefficient (Wildman–Crippen LogP) is 2.12. The third-order valence-corrected chi connectivity index (χ3v) is 4.63. The van der Waals surface area contributed by atoms with Crippen LogP contribution in [0.5, 0.6) is 0 Å². The van der Waals surface area contributed by atoms with E-state index in [0.717, 1.165) is 19.6 Å². The normalized spacial score (nSPS) is 28.3. The Morgan fingerprint density at radius 1 is 1.17 bits per heavy atom. The maximum atomic E-state index is 12.7. The molecule has 2 unspecified atom stereocenters. The van der Waals surface area contributed by atoms with E-state index in [1.807, 2.05) is 0 Å². The Morgan fingerprint density at radius 3 is 2.39 bits per heavy atom. The van der Waals surface area contributed by atoms with E-state index in [-0.39, 0.29) is 5.92 Å². The Bertz CT molecular complexity index is 279. The number of likely N-dealkylation sites (tertiary alicyclic amines) is 1. The topological polar surface area (TPSA) is 32.3 Å². The first-order chi connectivity index (χ1) is 8.50. The van der Waals surface area contributed by atoms with Crippen LogP contribution in [0.4, 0.5) is 0 Å². The Hall–Kier alpha value is -0.570. The second-order valence-electron chi connectivity index (χ2n) is 6.72. The van der Waals surface area contributed by atoms with Crippen molar-refractivity contribution in [1.82, 2.24) is 10.2 Å². The van der Waals surface area contributed by atoms with Gasteiger partial charge in [-0.05, 0) is 37.1 Å². The van der Waals surface area contributed by atoms with Gasteiger partial charge in [-0.25, -0.2) is 0 Å². The lowest BCUT2D eigenvalue weighted by Gasteiger charge is -2.28. The van der Waals surface area contributed by atoms with Crippen LogP contribution in [0.15, 0.2) is 0 Å². The van der Waals surface area contributed by atoms with Crippen LogP contribution in [0.1, 0.15) is 40.5 Å². The smallest absolute Gasteiger partial charge is 0.226 e. The summed E-state index contributed by atoms with van der Waals surface area (Å²) in [5, 5.41) is 3.57. The molecule has 0 aromatic rings. The fraction of sp³-hybridized carbons (Fsp3) is 0.933. The van der Waals surface area contributed by atoms with Gasteiger partial charge in [-0.3, -0.25) is 4.79 Å². The summed E-state index contributed by atoms with van der Waals surface area (Å²) in [7, 11) is 0. The van der Waals surface area contributed by atoms with Crippen molar-refractivity contribution in [2.24, 2.45) is 23.7 Å². The maximum Gasteiger partial charge on any atom is 0.226 e. The molecule has 3 nitrogen and oxygen atoms in total. The number of piperidine rings is 1. The summed E-state index contributed by atoms with van der Waals surface area (Å²) in [4.78, 5) is 14.8. The molecule has 0 saturated carbocycles. The molecular formula is C15H28N2O. The fourth-order valence-electron chi connectivity index (χ4n) is 3.78. The lowest BCUT2D eigenvalue weighted by atomic mass is 9.84. The zero-order valence-corrected chi connectivity index (χ0v) is 12.3. The average molecular weight is 252 g/mol. The number of fused-ring (bicyclic) bond motifs is 1. The van der Waals surface area contributed by atoms with Gasteiger partial charge in [-0.1, -0.05) is 27.7 Å². The second kappa shape index (κ2) is 5.60. The van der Waals surface area contributed by atoms with Crippen molar-refractivity contribution in [3.8, 4) is 0 Å². The summed E-state index contributed by atoms with van der Waals surface area (Å²) in [5.41, 5.74) is 0. The van der Waals surface area contributed by atoms with Gasteiger partial charge in [0.1, 0.15) is 0 Å². The highest BCUT2D eigenvalue weighted by atomic mass is 16.2. The Labute approximate surface area is 111 Å². The van der Waals surface area contributed by atoms with Crippen LogP contribution in [0.3, 0.4) is 0 Å². The summed E-state index contributed by atoms with van der Waals surface area (Å²) in [6, 6.07) is 0.558. The first kappa shape index (κ1) is 13.9. The molecule has 3 heteroatoms. The molecule has 0 aliphatic carbocycles. The number of nitrogens with one attached hydrogen (secondary N) is 1. The molecule has 0 aromatic carbocycles. The van der Waals surface area contributed by atoms with Crippen LogP contribution in [0, 0.1) is 23.7 Å². The van der Waals surface area contributed by atoms with E-state index in [1.165, 1.54) is 12.8 Å². The number of carbonyl (C=O) groups is 1. The minimum Gasteiger partial charge on any atom is -0.341 e. The Balaban J connectivity index is 2.01. The minimum absolute atomic E-state index is 0.185. The Kier molecular flexibility index (Phi) is 4.31. The third kappa shape index (κ3) is 2.71. The molecule has 1 amide bonds. The molecule has 0 spiro atoms. The van der Waals surface area contributed by atoms with Gasteiger partial charge < -0.3 is 10.2 Å². The highest BCUT2D eigenvalue weighted by Gasteiger charge is 2.39. The summed E-state index contributed by atoms with van der Waals surface area (Å²) in [5.74, 6) is 2.14. The summed E-state index contributed by atoms with van der Waals surface area (Å²) < 4.78 is 0. The molecule has 1 N–H and O–H groups in total. The number of hydrogen-bond donors (Lipinski definition) is 1. The lowest BCUT2D eigenvalue weighted by molar-refractivity contribution is -0.137. The van der Waals surface area contributed by atoms with Crippen molar-refractivity contribution in [1.29, 1.82) is 0 Å². The zero-order chi connectivity index (χ0) is 13.3. The molecular weight excluding hydrogens is 224 g/mol. The van der Waals surface area contributed by atoms with E-state index in [9.17, 15) is 4.79 Å². The van der Waals surface area contributed by atoms with Gasteiger partial charge in [0.2, 0.25) is 5.91 Å². The maximum absolute atomic E-state index is 12.7. The number of nitrogens with zero attached hydrogens (tertiary/aromatic N) is 1. The van der Waals surface area contributed by atoms with Gasteiger partial charge in [0.05, 0.1) is 0 Å². The largest absolute Gasteiger partial charge is 0.341 e. The van der Waals surface area contributed by atoms with Gasteiger partial charge in [0, 0.05) is 25.0 Å². The molecule has 2 saturated heterocycles. The molecule has 104 valence electrons. The number of rotatable bonds is 3. The van der Waals surface area contributed by atoms with E-state index < -0.39 is 0 Å². The molecule has 18 heavy (non-hydrogen) atoms. The van der Waals surface area contributed by atoms with Gasteiger partial charge in [0.15, 0.2) is 0 Å². The molecule has 2 heterocycles. The number of amides is 1. The van der Waals surface area contributed by atoms with Crippen LogP contribution in [-0.2, 0) is 4.79 Å². The highest BCUT2D eigenvalue weighted by molar-refractivity contribution is 5.79. The Morgan fingerprint density at radius 2 is 1.83 bits per heavy atom. The van der Waals surface area contributed by atoms with Crippen LogP contribution in [-0.4, -0.2) is 36.5 Å².